The van der Waals surface area contributed by atoms with Gasteiger partial charge in [0.1, 0.15) is 0 Å². The maximum atomic E-state index is 12.1. The molecule has 17 heavy (non-hydrogen) atoms. The van der Waals surface area contributed by atoms with E-state index in [0.29, 0.717) is 8.95 Å². The van der Waals surface area contributed by atoms with Crippen molar-refractivity contribution < 1.29 is 13.5 Å². The van der Waals surface area contributed by atoms with Gasteiger partial charge in [-0.2, -0.15) is 0 Å². The van der Waals surface area contributed by atoms with Gasteiger partial charge in [0.05, 0.1) is 17.0 Å². The molecule has 0 aliphatic carbocycles. The Bertz CT molecular complexity index is 514. The summed E-state index contributed by atoms with van der Waals surface area (Å²) in [4.78, 5) is 0.133. The summed E-state index contributed by atoms with van der Waals surface area (Å²) < 4.78 is 27.8. The Labute approximate surface area is 118 Å². The first-order valence-corrected chi connectivity index (χ1v) is 7.85. The third-order valence-electron chi connectivity index (χ3n) is 1.99. The molecule has 0 spiro atoms. The lowest BCUT2D eigenvalue weighted by Gasteiger charge is -2.23. The van der Waals surface area contributed by atoms with Crippen molar-refractivity contribution in [3.63, 3.8) is 0 Å². The molecule has 0 aliphatic rings. The Morgan fingerprint density at radius 3 is 2.47 bits per heavy atom. The number of benzene rings is 1. The van der Waals surface area contributed by atoms with Crippen LogP contribution in [-0.2, 0) is 10.0 Å². The largest absolute Gasteiger partial charge is 0.394 e. The van der Waals surface area contributed by atoms with Crippen LogP contribution < -0.4 is 4.72 Å². The van der Waals surface area contributed by atoms with Gasteiger partial charge < -0.3 is 5.11 Å². The van der Waals surface area contributed by atoms with Crippen molar-refractivity contribution in [3.05, 3.63) is 27.1 Å². The zero-order valence-electron chi connectivity index (χ0n) is 9.37. The van der Waals surface area contributed by atoms with Crippen LogP contribution >= 0.6 is 31.9 Å². The quantitative estimate of drug-likeness (QED) is 0.833. The number of hydrogen-bond acceptors (Lipinski definition) is 3. The average Bonchev–Trinajstić information content (AvgIpc) is 2.20. The van der Waals surface area contributed by atoms with Gasteiger partial charge in [0.15, 0.2) is 0 Å². The topological polar surface area (TPSA) is 66.4 Å². The molecule has 0 heterocycles. The molecule has 2 N–H and O–H groups in total. The van der Waals surface area contributed by atoms with E-state index < -0.39 is 15.6 Å². The summed E-state index contributed by atoms with van der Waals surface area (Å²) in [6.07, 6.45) is 0. The first-order chi connectivity index (χ1) is 7.68. The molecule has 0 radical (unpaired) electrons. The lowest BCUT2D eigenvalue weighted by Crippen LogP contribution is -2.46. The van der Waals surface area contributed by atoms with Gasteiger partial charge in [-0.3, -0.25) is 0 Å². The molecular formula is C10H13Br2NO3S. The van der Waals surface area contributed by atoms with E-state index in [0.717, 1.165) is 0 Å². The molecule has 0 aromatic heterocycles. The fourth-order valence-electron chi connectivity index (χ4n) is 1.13. The Morgan fingerprint density at radius 2 is 1.94 bits per heavy atom. The lowest BCUT2D eigenvalue weighted by atomic mass is 10.1. The minimum Gasteiger partial charge on any atom is -0.394 e. The number of halogens is 2. The monoisotopic (exact) mass is 385 g/mol. The van der Waals surface area contributed by atoms with Crippen molar-refractivity contribution in [2.24, 2.45) is 0 Å². The van der Waals surface area contributed by atoms with Crippen molar-refractivity contribution in [2.75, 3.05) is 6.61 Å². The van der Waals surface area contributed by atoms with Crippen molar-refractivity contribution in [2.45, 2.75) is 24.3 Å². The van der Waals surface area contributed by atoms with Crippen LogP contribution in [0.3, 0.4) is 0 Å². The first kappa shape index (κ1) is 15.1. The van der Waals surface area contributed by atoms with E-state index in [4.69, 9.17) is 5.11 Å². The zero-order chi connectivity index (χ0) is 13.3. The standard InChI is InChI=1S/C10H13Br2NO3S/c1-10(2,6-14)13-17(15,16)9-5-7(11)3-4-8(9)12/h3-5,13-14H,6H2,1-2H3. The molecular weight excluding hydrogens is 374 g/mol. The summed E-state index contributed by atoms with van der Waals surface area (Å²) in [6.45, 7) is 2.94. The van der Waals surface area contributed by atoms with E-state index in [1.165, 1.54) is 6.07 Å². The van der Waals surface area contributed by atoms with Crippen LogP contribution in [0.1, 0.15) is 13.8 Å². The van der Waals surface area contributed by atoms with E-state index in [2.05, 4.69) is 36.6 Å². The number of hydrogen-bond donors (Lipinski definition) is 2. The Balaban J connectivity index is 3.18. The van der Waals surface area contributed by atoms with Gasteiger partial charge in [0.25, 0.3) is 0 Å². The fraction of sp³-hybridized carbons (Fsp3) is 0.400. The fourth-order valence-corrected chi connectivity index (χ4v) is 4.04. The molecule has 0 unspecified atom stereocenters. The second-order valence-corrected chi connectivity index (χ2v) is 7.64. The highest BCUT2D eigenvalue weighted by molar-refractivity contribution is 9.11. The van der Waals surface area contributed by atoms with E-state index in [1.807, 2.05) is 0 Å². The summed E-state index contributed by atoms with van der Waals surface area (Å²) in [7, 11) is -3.67. The molecule has 1 aromatic carbocycles. The minimum atomic E-state index is -3.67. The van der Waals surface area contributed by atoms with Crippen molar-refractivity contribution in [1.29, 1.82) is 0 Å². The predicted octanol–water partition coefficient (Wildman–Crippen LogP) is 2.26. The molecule has 0 amide bonds. The van der Waals surface area contributed by atoms with E-state index in [-0.39, 0.29) is 11.5 Å². The minimum absolute atomic E-state index is 0.133. The van der Waals surface area contributed by atoms with E-state index >= 15 is 0 Å². The van der Waals surface area contributed by atoms with Gasteiger partial charge >= 0.3 is 0 Å². The van der Waals surface area contributed by atoms with Crippen LogP contribution in [0.5, 0.6) is 0 Å². The van der Waals surface area contributed by atoms with Gasteiger partial charge in [-0.05, 0) is 48.0 Å². The summed E-state index contributed by atoms with van der Waals surface area (Å²) >= 11 is 6.42. The molecule has 0 fully saturated rings. The zero-order valence-corrected chi connectivity index (χ0v) is 13.4. The van der Waals surface area contributed by atoms with Gasteiger partial charge in [0, 0.05) is 8.95 Å². The molecule has 0 saturated carbocycles. The maximum absolute atomic E-state index is 12.1. The maximum Gasteiger partial charge on any atom is 0.242 e. The molecule has 96 valence electrons. The van der Waals surface area contributed by atoms with E-state index in [9.17, 15) is 8.42 Å². The van der Waals surface area contributed by atoms with Crippen molar-refractivity contribution >= 4 is 41.9 Å². The van der Waals surface area contributed by atoms with Gasteiger partial charge in [-0.15, -0.1) is 0 Å². The van der Waals surface area contributed by atoms with Crippen LogP contribution in [-0.4, -0.2) is 25.7 Å². The smallest absolute Gasteiger partial charge is 0.242 e. The normalized spacial score (nSPS) is 12.8. The van der Waals surface area contributed by atoms with Crippen molar-refractivity contribution in [3.8, 4) is 0 Å². The van der Waals surface area contributed by atoms with Crippen LogP contribution in [0.2, 0.25) is 0 Å². The second kappa shape index (κ2) is 5.36. The summed E-state index contributed by atoms with van der Waals surface area (Å²) in [5, 5.41) is 9.08. The molecule has 7 heteroatoms. The van der Waals surface area contributed by atoms with Crippen LogP contribution in [0.4, 0.5) is 0 Å². The SMILES string of the molecule is CC(C)(CO)NS(=O)(=O)c1cc(Br)ccc1Br. The lowest BCUT2D eigenvalue weighted by molar-refractivity contribution is 0.208. The molecule has 0 aliphatic heterocycles. The second-order valence-electron chi connectivity index (χ2n) is 4.22. The highest BCUT2D eigenvalue weighted by Gasteiger charge is 2.27. The van der Waals surface area contributed by atoms with Gasteiger partial charge in [-0.25, -0.2) is 13.1 Å². The van der Waals surface area contributed by atoms with E-state index in [1.54, 1.807) is 26.0 Å². The number of rotatable bonds is 4. The molecule has 0 saturated heterocycles. The Hall–Kier alpha value is 0.0500. The molecule has 1 rings (SSSR count). The van der Waals surface area contributed by atoms with Crippen LogP contribution in [0.25, 0.3) is 0 Å². The summed E-state index contributed by atoms with van der Waals surface area (Å²) in [5.41, 5.74) is -0.902. The van der Waals surface area contributed by atoms with Gasteiger partial charge in [-0.1, -0.05) is 15.9 Å². The molecule has 0 bridgehead atoms. The highest BCUT2D eigenvalue weighted by Crippen LogP contribution is 2.26. The third kappa shape index (κ3) is 4.03. The van der Waals surface area contributed by atoms with Crippen molar-refractivity contribution in [1.82, 2.24) is 4.72 Å². The Kier molecular flexibility index (Phi) is 4.76. The number of sulfonamides is 1. The molecule has 1 aromatic rings. The summed E-state index contributed by atoms with van der Waals surface area (Å²) in [6, 6.07) is 4.88. The van der Waals surface area contributed by atoms with Crippen LogP contribution in [0, 0.1) is 0 Å². The number of nitrogens with one attached hydrogen (secondary N) is 1. The third-order valence-corrected chi connectivity index (χ3v) is 5.17. The number of aliphatic hydroxyl groups is 1. The molecule has 0 atom stereocenters. The average molecular weight is 387 g/mol. The van der Waals surface area contributed by atoms with Gasteiger partial charge in [0.2, 0.25) is 10.0 Å². The van der Waals surface area contributed by atoms with Crippen LogP contribution in [0.15, 0.2) is 32.0 Å². The predicted molar refractivity (Wildman–Crippen MR) is 73.3 cm³/mol. The first-order valence-electron chi connectivity index (χ1n) is 4.78. The summed E-state index contributed by atoms with van der Waals surface area (Å²) in [5.74, 6) is 0. The molecule has 4 nitrogen and oxygen atoms in total. The number of aliphatic hydroxyl groups excluding tert-OH is 1. The highest BCUT2D eigenvalue weighted by atomic mass is 79.9. The Morgan fingerprint density at radius 1 is 1.35 bits per heavy atom.